The lowest BCUT2D eigenvalue weighted by Gasteiger charge is -2.46. The lowest BCUT2D eigenvalue weighted by atomic mass is 9.74. The predicted octanol–water partition coefficient (Wildman–Crippen LogP) is 1.99. The van der Waals surface area contributed by atoms with Crippen LogP contribution in [0.1, 0.15) is 36.3 Å². The van der Waals surface area contributed by atoms with Crippen molar-refractivity contribution >= 4 is 5.91 Å². The standard InChI is InChI=1S/C18H24N4O2/c1-20-12-15(10-19-20)16-9-17(23)21(2)18(16)4-6-22(7-5-18)11-14-3-8-24-13-14/h3,8,10,12-13,16H,4-7,9,11H2,1-2H3. The molecule has 1 spiro atoms. The quantitative estimate of drug-likeness (QED) is 0.865. The molecule has 6 nitrogen and oxygen atoms in total. The second-order valence-corrected chi connectivity index (χ2v) is 7.17. The molecule has 1 amide bonds. The highest BCUT2D eigenvalue weighted by Crippen LogP contribution is 2.48. The molecule has 0 N–H and O–H groups in total. The van der Waals surface area contributed by atoms with Crippen LogP contribution in [0.15, 0.2) is 35.4 Å². The number of furan rings is 1. The Morgan fingerprint density at radius 1 is 1.33 bits per heavy atom. The summed E-state index contributed by atoms with van der Waals surface area (Å²) in [6, 6.07) is 2.02. The van der Waals surface area contributed by atoms with Gasteiger partial charge in [-0.05, 0) is 24.5 Å². The van der Waals surface area contributed by atoms with Crippen LogP contribution in [0.3, 0.4) is 0 Å². The van der Waals surface area contributed by atoms with Crippen LogP contribution in [0.5, 0.6) is 0 Å². The molecule has 1 atom stereocenters. The molecule has 2 aliphatic rings. The van der Waals surface area contributed by atoms with Gasteiger partial charge in [0.25, 0.3) is 0 Å². The van der Waals surface area contributed by atoms with Crippen molar-refractivity contribution in [3.8, 4) is 0 Å². The zero-order valence-electron chi connectivity index (χ0n) is 14.3. The number of carbonyl (C=O) groups excluding carboxylic acids is 1. The highest BCUT2D eigenvalue weighted by Gasteiger charge is 2.52. The van der Waals surface area contributed by atoms with Gasteiger partial charge in [-0.15, -0.1) is 0 Å². The van der Waals surface area contributed by atoms with Gasteiger partial charge in [0.1, 0.15) is 0 Å². The first kappa shape index (κ1) is 15.4. The summed E-state index contributed by atoms with van der Waals surface area (Å²) in [6.45, 7) is 2.92. The van der Waals surface area contributed by atoms with Crippen molar-refractivity contribution in [1.29, 1.82) is 0 Å². The van der Waals surface area contributed by atoms with Crippen LogP contribution in [0, 0.1) is 0 Å². The zero-order chi connectivity index (χ0) is 16.7. The first-order valence-electron chi connectivity index (χ1n) is 8.57. The monoisotopic (exact) mass is 328 g/mol. The van der Waals surface area contributed by atoms with Gasteiger partial charge >= 0.3 is 0 Å². The number of aryl methyl sites for hydroxylation is 1. The number of likely N-dealkylation sites (tertiary alicyclic amines) is 2. The van der Waals surface area contributed by atoms with Crippen molar-refractivity contribution in [3.05, 3.63) is 42.1 Å². The third kappa shape index (κ3) is 2.45. The van der Waals surface area contributed by atoms with Crippen LogP contribution < -0.4 is 0 Å². The maximum Gasteiger partial charge on any atom is 0.223 e. The van der Waals surface area contributed by atoms with Crippen LogP contribution in [0.4, 0.5) is 0 Å². The molecule has 2 saturated heterocycles. The Morgan fingerprint density at radius 3 is 2.75 bits per heavy atom. The van der Waals surface area contributed by atoms with E-state index >= 15 is 0 Å². The highest BCUT2D eigenvalue weighted by atomic mass is 16.3. The van der Waals surface area contributed by atoms with Gasteiger partial charge in [-0.2, -0.15) is 5.10 Å². The van der Waals surface area contributed by atoms with E-state index in [1.807, 2.05) is 42.2 Å². The third-order valence-corrected chi connectivity index (χ3v) is 5.90. The lowest BCUT2D eigenvalue weighted by Crippen LogP contribution is -2.53. The van der Waals surface area contributed by atoms with Crippen molar-refractivity contribution in [2.45, 2.75) is 37.3 Å². The second-order valence-electron chi connectivity index (χ2n) is 7.17. The fourth-order valence-corrected chi connectivity index (χ4v) is 4.45. The first-order chi connectivity index (χ1) is 11.6. The Hall–Kier alpha value is -2.08. The normalized spacial score (nSPS) is 24.2. The van der Waals surface area contributed by atoms with Crippen LogP contribution in [0.25, 0.3) is 0 Å². The van der Waals surface area contributed by atoms with Crippen molar-refractivity contribution in [1.82, 2.24) is 19.6 Å². The topological polar surface area (TPSA) is 54.5 Å². The van der Waals surface area contributed by atoms with Crippen LogP contribution >= 0.6 is 0 Å². The highest BCUT2D eigenvalue weighted by molar-refractivity contribution is 5.81. The molecule has 2 aromatic heterocycles. The summed E-state index contributed by atoms with van der Waals surface area (Å²) in [5.41, 5.74) is 2.34. The first-order valence-corrected chi connectivity index (χ1v) is 8.57. The molecule has 0 saturated carbocycles. The van der Waals surface area contributed by atoms with Gasteiger partial charge in [0.2, 0.25) is 5.91 Å². The zero-order valence-corrected chi connectivity index (χ0v) is 14.3. The van der Waals surface area contributed by atoms with Gasteiger partial charge < -0.3 is 9.32 Å². The van der Waals surface area contributed by atoms with Crippen molar-refractivity contribution in [3.63, 3.8) is 0 Å². The summed E-state index contributed by atoms with van der Waals surface area (Å²) in [5.74, 6) is 0.506. The number of amides is 1. The molecular formula is C18H24N4O2. The minimum absolute atomic E-state index is 0.0625. The molecule has 24 heavy (non-hydrogen) atoms. The predicted molar refractivity (Wildman–Crippen MR) is 89.3 cm³/mol. The number of rotatable bonds is 3. The van der Waals surface area contributed by atoms with E-state index in [0.29, 0.717) is 6.42 Å². The minimum Gasteiger partial charge on any atom is -0.472 e. The smallest absolute Gasteiger partial charge is 0.223 e. The Kier molecular flexibility index (Phi) is 3.72. The molecule has 128 valence electrons. The number of nitrogens with zero attached hydrogens (tertiary/aromatic N) is 4. The molecule has 2 aromatic rings. The third-order valence-electron chi connectivity index (χ3n) is 5.90. The van der Waals surface area contributed by atoms with Crippen molar-refractivity contribution < 1.29 is 9.21 Å². The fourth-order valence-electron chi connectivity index (χ4n) is 4.45. The van der Waals surface area contributed by atoms with Crippen LogP contribution in [0.2, 0.25) is 0 Å². The number of hydrogen-bond acceptors (Lipinski definition) is 4. The van der Waals surface area contributed by atoms with Gasteiger partial charge in [-0.1, -0.05) is 0 Å². The lowest BCUT2D eigenvalue weighted by molar-refractivity contribution is -0.130. The summed E-state index contributed by atoms with van der Waals surface area (Å²) in [4.78, 5) is 16.9. The molecule has 2 fully saturated rings. The second kappa shape index (κ2) is 5.77. The van der Waals surface area contributed by atoms with Gasteiger partial charge in [0.15, 0.2) is 0 Å². The van der Waals surface area contributed by atoms with Gasteiger partial charge in [-0.3, -0.25) is 14.4 Å². The number of piperidine rings is 1. The summed E-state index contributed by atoms with van der Waals surface area (Å²) in [6.07, 6.45) is 10.1. The Balaban J connectivity index is 1.53. The van der Waals surface area contributed by atoms with Gasteiger partial charge in [0.05, 0.1) is 24.3 Å². The molecule has 1 unspecified atom stereocenters. The molecule has 6 heteroatoms. The Bertz CT molecular complexity index is 713. The number of aromatic nitrogens is 2. The average molecular weight is 328 g/mol. The van der Waals surface area contributed by atoms with Gasteiger partial charge in [0, 0.05) is 57.8 Å². The van der Waals surface area contributed by atoms with Crippen LogP contribution in [-0.4, -0.2) is 51.2 Å². The molecule has 0 radical (unpaired) electrons. The molecule has 4 rings (SSSR count). The van der Waals surface area contributed by atoms with E-state index in [0.717, 1.165) is 32.5 Å². The molecular weight excluding hydrogens is 304 g/mol. The van der Waals surface area contributed by atoms with E-state index in [1.54, 1.807) is 6.26 Å². The van der Waals surface area contributed by atoms with Crippen molar-refractivity contribution in [2.24, 2.45) is 7.05 Å². The van der Waals surface area contributed by atoms with E-state index in [-0.39, 0.29) is 17.4 Å². The van der Waals surface area contributed by atoms with E-state index in [4.69, 9.17) is 4.42 Å². The number of hydrogen-bond donors (Lipinski definition) is 0. The van der Waals surface area contributed by atoms with E-state index in [9.17, 15) is 4.79 Å². The maximum absolute atomic E-state index is 12.4. The average Bonchev–Trinajstić information content (AvgIpc) is 3.28. The molecule has 4 heterocycles. The fraction of sp³-hybridized carbons (Fsp3) is 0.556. The Labute approximate surface area is 142 Å². The summed E-state index contributed by atoms with van der Waals surface area (Å²) in [5, 5.41) is 4.32. The van der Waals surface area contributed by atoms with Crippen LogP contribution in [-0.2, 0) is 18.4 Å². The molecule has 2 aliphatic heterocycles. The summed E-state index contributed by atoms with van der Waals surface area (Å²) < 4.78 is 7.00. The van der Waals surface area contributed by atoms with E-state index < -0.39 is 0 Å². The molecule has 0 aromatic carbocycles. The summed E-state index contributed by atoms with van der Waals surface area (Å²) >= 11 is 0. The summed E-state index contributed by atoms with van der Waals surface area (Å²) in [7, 11) is 3.91. The SMILES string of the molecule is CN1C(=O)CC(c2cnn(C)c2)C12CCN(Cc1ccoc1)CC2. The Morgan fingerprint density at radius 2 is 2.12 bits per heavy atom. The largest absolute Gasteiger partial charge is 0.472 e. The van der Waals surface area contributed by atoms with Gasteiger partial charge in [-0.25, -0.2) is 0 Å². The minimum atomic E-state index is -0.0625. The van der Waals surface area contributed by atoms with E-state index in [2.05, 4.69) is 16.2 Å². The number of carbonyl (C=O) groups is 1. The van der Waals surface area contributed by atoms with E-state index in [1.165, 1.54) is 11.1 Å². The maximum atomic E-state index is 12.4. The van der Waals surface area contributed by atoms with Crippen molar-refractivity contribution in [2.75, 3.05) is 20.1 Å². The molecule has 0 bridgehead atoms. The molecule has 0 aliphatic carbocycles. The number of likely N-dealkylation sites (N-methyl/N-ethyl adjacent to an activating group) is 1.